The Balaban J connectivity index is 2.35. The van der Waals surface area contributed by atoms with Crippen molar-refractivity contribution >= 4 is 22.7 Å². The molecule has 0 fully saturated rings. The fourth-order valence-electron chi connectivity index (χ4n) is 1.85. The first kappa shape index (κ1) is 14.9. The zero-order valence-corrected chi connectivity index (χ0v) is 11.6. The normalized spacial score (nSPS) is 13.3. The highest BCUT2D eigenvalue weighted by molar-refractivity contribution is 7.86. The second-order valence-corrected chi connectivity index (χ2v) is 5.79. The lowest BCUT2D eigenvalue weighted by Crippen LogP contribution is -2.17. The van der Waals surface area contributed by atoms with Gasteiger partial charge in [0.1, 0.15) is 0 Å². The van der Waals surface area contributed by atoms with Crippen molar-refractivity contribution in [2.24, 2.45) is 0 Å². The van der Waals surface area contributed by atoms with Gasteiger partial charge in [0.05, 0.1) is 16.4 Å². The number of aliphatic carboxylic acids is 1. The Morgan fingerprint density at radius 2 is 1.48 bits per heavy atom. The van der Waals surface area contributed by atoms with Gasteiger partial charge in [-0.1, -0.05) is 30.3 Å². The van der Waals surface area contributed by atoms with Gasteiger partial charge in [-0.25, -0.2) is 4.79 Å². The second kappa shape index (κ2) is 6.32. The van der Waals surface area contributed by atoms with E-state index < -0.39 is 28.0 Å². The van der Waals surface area contributed by atoms with Crippen molar-refractivity contribution in [1.29, 1.82) is 0 Å². The number of carboxylic acid groups (broad SMARTS) is 2. The average Bonchev–Trinajstić information content (AvgIpc) is 2.48. The maximum Gasteiger partial charge on any atom is 0.335 e. The SMILES string of the molecule is O=C(O)c1ccc(S(=O)C(C(=O)O)c2ccccc2)cc1. The molecule has 0 saturated carbocycles. The van der Waals surface area contributed by atoms with Gasteiger partial charge in [-0.05, 0) is 29.8 Å². The molecular weight excluding hydrogens is 292 g/mol. The standard InChI is InChI=1S/C15H12O5S/c16-14(17)11-6-8-12(9-7-11)21(20)13(15(18)19)10-4-2-1-3-5-10/h1-9,13H,(H,16,17)(H,18,19). The summed E-state index contributed by atoms with van der Waals surface area (Å²) in [6.07, 6.45) is 0. The molecule has 0 bridgehead atoms. The van der Waals surface area contributed by atoms with Crippen LogP contribution in [0.25, 0.3) is 0 Å². The zero-order chi connectivity index (χ0) is 15.4. The van der Waals surface area contributed by atoms with E-state index in [1.165, 1.54) is 24.3 Å². The fourth-order valence-corrected chi connectivity index (χ4v) is 3.12. The molecule has 0 heterocycles. The summed E-state index contributed by atoms with van der Waals surface area (Å²) in [4.78, 5) is 22.5. The largest absolute Gasteiger partial charge is 0.480 e. The highest BCUT2D eigenvalue weighted by Crippen LogP contribution is 2.25. The van der Waals surface area contributed by atoms with Crippen LogP contribution in [0.2, 0.25) is 0 Å². The Kier molecular flexibility index (Phi) is 4.49. The van der Waals surface area contributed by atoms with Gasteiger partial charge < -0.3 is 10.2 Å². The molecule has 2 aromatic carbocycles. The number of carbonyl (C=O) groups is 2. The molecule has 2 atom stereocenters. The van der Waals surface area contributed by atoms with Crippen molar-refractivity contribution in [2.45, 2.75) is 10.1 Å². The molecule has 2 N–H and O–H groups in total. The van der Waals surface area contributed by atoms with E-state index in [0.717, 1.165) is 0 Å². The van der Waals surface area contributed by atoms with E-state index in [1.54, 1.807) is 30.3 Å². The second-order valence-electron chi connectivity index (χ2n) is 4.26. The smallest absolute Gasteiger partial charge is 0.335 e. The van der Waals surface area contributed by atoms with Crippen LogP contribution in [0.15, 0.2) is 59.5 Å². The molecule has 0 aromatic heterocycles. The Labute approximate surface area is 123 Å². The van der Waals surface area contributed by atoms with Crippen LogP contribution in [-0.2, 0) is 15.6 Å². The van der Waals surface area contributed by atoms with Crippen molar-refractivity contribution in [2.75, 3.05) is 0 Å². The maximum atomic E-state index is 12.5. The topological polar surface area (TPSA) is 91.7 Å². The van der Waals surface area contributed by atoms with Gasteiger partial charge in [-0.3, -0.25) is 9.00 Å². The summed E-state index contributed by atoms with van der Waals surface area (Å²) in [6, 6.07) is 13.7. The molecule has 0 aliphatic rings. The van der Waals surface area contributed by atoms with Crippen molar-refractivity contribution in [3.05, 3.63) is 65.7 Å². The zero-order valence-electron chi connectivity index (χ0n) is 10.8. The fraction of sp³-hybridized carbons (Fsp3) is 0.0667. The first-order valence-electron chi connectivity index (χ1n) is 6.02. The van der Waals surface area contributed by atoms with E-state index in [9.17, 15) is 18.9 Å². The molecular formula is C15H12O5S. The summed E-state index contributed by atoms with van der Waals surface area (Å²) in [5.74, 6) is -2.29. The van der Waals surface area contributed by atoms with Gasteiger partial charge >= 0.3 is 11.9 Å². The number of hydrogen-bond acceptors (Lipinski definition) is 3. The molecule has 0 radical (unpaired) electrons. The van der Waals surface area contributed by atoms with Crippen LogP contribution in [-0.4, -0.2) is 26.4 Å². The summed E-state index contributed by atoms with van der Waals surface area (Å²) in [5, 5.41) is 16.9. The molecule has 0 amide bonds. The van der Waals surface area contributed by atoms with Crippen molar-refractivity contribution in [1.82, 2.24) is 0 Å². The Bertz CT molecular complexity index is 679. The predicted octanol–water partition coefficient (Wildman–Crippen LogP) is 2.32. The molecule has 2 rings (SSSR count). The van der Waals surface area contributed by atoms with E-state index in [2.05, 4.69) is 0 Å². The Morgan fingerprint density at radius 3 is 1.95 bits per heavy atom. The molecule has 2 aromatic rings. The van der Waals surface area contributed by atoms with Gasteiger partial charge in [0, 0.05) is 4.90 Å². The van der Waals surface area contributed by atoms with E-state index >= 15 is 0 Å². The third kappa shape index (κ3) is 3.35. The molecule has 0 spiro atoms. The minimum absolute atomic E-state index is 0.0577. The Hall–Kier alpha value is -2.47. The maximum absolute atomic E-state index is 12.5. The lowest BCUT2D eigenvalue weighted by atomic mass is 10.1. The molecule has 2 unspecified atom stereocenters. The third-order valence-electron chi connectivity index (χ3n) is 2.87. The average molecular weight is 304 g/mol. The van der Waals surface area contributed by atoms with Crippen LogP contribution < -0.4 is 0 Å². The van der Waals surface area contributed by atoms with Crippen molar-refractivity contribution < 1.29 is 24.0 Å². The van der Waals surface area contributed by atoms with Gasteiger partial charge in [-0.2, -0.15) is 0 Å². The highest BCUT2D eigenvalue weighted by atomic mass is 32.2. The summed E-state index contributed by atoms with van der Waals surface area (Å²) < 4.78 is 12.5. The Morgan fingerprint density at radius 1 is 0.905 bits per heavy atom. The molecule has 0 aliphatic heterocycles. The lowest BCUT2D eigenvalue weighted by molar-refractivity contribution is -0.136. The minimum atomic E-state index is -1.82. The van der Waals surface area contributed by atoms with Crippen LogP contribution >= 0.6 is 0 Å². The number of benzene rings is 2. The summed E-state index contributed by atoms with van der Waals surface area (Å²) in [6.45, 7) is 0. The van der Waals surface area contributed by atoms with Crippen LogP contribution in [0.1, 0.15) is 21.2 Å². The van der Waals surface area contributed by atoms with Gasteiger partial charge in [-0.15, -0.1) is 0 Å². The minimum Gasteiger partial charge on any atom is -0.480 e. The first-order chi connectivity index (χ1) is 10.0. The van der Waals surface area contributed by atoms with Crippen LogP contribution in [0.4, 0.5) is 0 Å². The quantitative estimate of drug-likeness (QED) is 0.884. The highest BCUT2D eigenvalue weighted by Gasteiger charge is 2.27. The van der Waals surface area contributed by atoms with Crippen LogP contribution in [0.5, 0.6) is 0 Å². The van der Waals surface area contributed by atoms with E-state index in [1.807, 2.05) is 0 Å². The molecule has 5 nitrogen and oxygen atoms in total. The molecule has 108 valence electrons. The van der Waals surface area contributed by atoms with Gasteiger partial charge in [0.15, 0.2) is 5.25 Å². The molecule has 0 aliphatic carbocycles. The van der Waals surface area contributed by atoms with E-state index in [-0.39, 0.29) is 10.5 Å². The number of hydrogen-bond donors (Lipinski definition) is 2. The molecule has 21 heavy (non-hydrogen) atoms. The van der Waals surface area contributed by atoms with Crippen LogP contribution in [0, 0.1) is 0 Å². The number of rotatable bonds is 5. The third-order valence-corrected chi connectivity index (χ3v) is 4.51. The van der Waals surface area contributed by atoms with Crippen molar-refractivity contribution in [3.8, 4) is 0 Å². The number of aromatic carboxylic acids is 1. The molecule has 6 heteroatoms. The molecule has 0 saturated heterocycles. The monoisotopic (exact) mass is 304 g/mol. The van der Waals surface area contributed by atoms with E-state index in [0.29, 0.717) is 5.56 Å². The number of carboxylic acids is 2. The lowest BCUT2D eigenvalue weighted by Gasteiger charge is -2.12. The summed E-state index contributed by atoms with van der Waals surface area (Å²) in [7, 11) is -1.82. The first-order valence-corrected chi connectivity index (χ1v) is 7.23. The summed E-state index contributed by atoms with van der Waals surface area (Å²) in [5.41, 5.74) is 0.494. The van der Waals surface area contributed by atoms with E-state index in [4.69, 9.17) is 5.11 Å². The predicted molar refractivity (Wildman–Crippen MR) is 76.6 cm³/mol. The van der Waals surface area contributed by atoms with Gasteiger partial charge in [0.25, 0.3) is 0 Å². The van der Waals surface area contributed by atoms with Gasteiger partial charge in [0.2, 0.25) is 0 Å². The van der Waals surface area contributed by atoms with Crippen LogP contribution in [0.3, 0.4) is 0 Å². The summed E-state index contributed by atoms with van der Waals surface area (Å²) >= 11 is 0. The van der Waals surface area contributed by atoms with Crippen molar-refractivity contribution in [3.63, 3.8) is 0 Å².